The minimum Gasteiger partial charge on any atom is -0.300 e. The van der Waals surface area contributed by atoms with E-state index in [4.69, 9.17) is 0 Å². The van der Waals surface area contributed by atoms with Crippen molar-refractivity contribution in [3.05, 3.63) is 22.8 Å². The normalized spacial score (nSPS) is 11.4. The van der Waals surface area contributed by atoms with Crippen LogP contribution < -0.4 is 0 Å². The average Bonchev–Trinajstić information content (AvgIpc) is 2.13. The zero-order chi connectivity index (χ0) is 11.8. The average molecular weight is 208 g/mol. The molecule has 1 heteroatoms. The van der Waals surface area contributed by atoms with Crippen LogP contribution in [0.4, 0.5) is 0 Å². The van der Waals surface area contributed by atoms with Crippen LogP contribution in [-0.2, 0) is 4.79 Å². The van der Waals surface area contributed by atoms with Gasteiger partial charge in [-0.2, -0.15) is 0 Å². The molecule has 0 heterocycles. The second-order valence-corrected chi connectivity index (χ2v) is 4.57. The van der Waals surface area contributed by atoms with E-state index in [0.29, 0.717) is 6.42 Å². The third kappa shape index (κ3) is 8.17. The van der Waals surface area contributed by atoms with E-state index in [-0.39, 0.29) is 5.78 Å². The monoisotopic (exact) mass is 208 g/mol. The van der Waals surface area contributed by atoms with Gasteiger partial charge in [0.05, 0.1) is 0 Å². The zero-order valence-electron chi connectivity index (χ0n) is 10.8. The van der Waals surface area contributed by atoms with E-state index in [1.807, 2.05) is 0 Å². The summed E-state index contributed by atoms with van der Waals surface area (Å²) in [4.78, 5) is 10.7. The Balaban J connectivity index is 3.88. The van der Waals surface area contributed by atoms with Crippen LogP contribution in [0, 0.1) is 0 Å². The molecule has 0 aliphatic rings. The molecule has 0 fully saturated rings. The molecule has 0 saturated heterocycles. The number of ketones is 1. The van der Waals surface area contributed by atoms with Crippen LogP contribution in [0.3, 0.4) is 0 Å². The lowest BCUT2D eigenvalue weighted by Crippen LogP contribution is -1.88. The molecule has 0 aliphatic carbocycles. The fourth-order valence-electron chi connectivity index (χ4n) is 1.26. The maximum atomic E-state index is 10.7. The number of hydrogen-bond donors (Lipinski definition) is 0. The second-order valence-electron chi connectivity index (χ2n) is 4.57. The van der Waals surface area contributed by atoms with Crippen molar-refractivity contribution in [2.75, 3.05) is 0 Å². The SMILES string of the molecule is CC(=O)CC/C=C(\C)CCC(C)=C(C)C. The van der Waals surface area contributed by atoms with E-state index in [1.54, 1.807) is 6.92 Å². The van der Waals surface area contributed by atoms with Crippen LogP contribution in [-0.4, -0.2) is 5.78 Å². The summed E-state index contributed by atoms with van der Waals surface area (Å²) in [5.74, 6) is 0.277. The third-order valence-electron chi connectivity index (χ3n) is 2.74. The smallest absolute Gasteiger partial charge is 0.130 e. The van der Waals surface area contributed by atoms with Crippen molar-refractivity contribution >= 4 is 5.78 Å². The molecule has 15 heavy (non-hydrogen) atoms. The van der Waals surface area contributed by atoms with Gasteiger partial charge in [-0.05, 0) is 53.9 Å². The lowest BCUT2D eigenvalue weighted by atomic mass is 10.0. The molecule has 0 spiro atoms. The van der Waals surface area contributed by atoms with Crippen LogP contribution in [0.2, 0.25) is 0 Å². The van der Waals surface area contributed by atoms with Gasteiger partial charge in [0, 0.05) is 6.42 Å². The number of carbonyl (C=O) groups excluding carboxylic acids is 1. The fourth-order valence-corrected chi connectivity index (χ4v) is 1.26. The molecule has 0 aliphatic heterocycles. The van der Waals surface area contributed by atoms with Gasteiger partial charge >= 0.3 is 0 Å². The summed E-state index contributed by atoms with van der Waals surface area (Å²) in [6.45, 7) is 10.3. The van der Waals surface area contributed by atoms with Gasteiger partial charge in [-0.15, -0.1) is 0 Å². The quantitative estimate of drug-likeness (QED) is 0.590. The molecule has 86 valence electrons. The molecule has 0 radical (unpaired) electrons. The molecule has 0 unspecified atom stereocenters. The predicted octanol–water partition coefficient (Wildman–Crippen LogP) is 4.44. The van der Waals surface area contributed by atoms with E-state index in [1.165, 1.54) is 16.7 Å². The Morgan fingerprint density at radius 3 is 2.00 bits per heavy atom. The first kappa shape index (κ1) is 14.2. The Kier molecular flexibility index (Phi) is 7.02. The zero-order valence-corrected chi connectivity index (χ0v) is 10.8. The van der Waals surface area contributed by atoms with Gasteiger partial charge in [-0.3, -0.25) is 0 Å². The minimum absolute atomic E-state index is 0.277. The Morgan fingerprint density at radius 2 is 1.53 bits per heavy atom. The molecule has 0 aromatic rings. The molecule has 1 nitrogen and oxygen atoms in total. The van der Waals surface area contributed by atoms with Crippen molar-refractivity contribution in [2.45, 2.75) is 60.3 Å². The van der Waals surface area contributed by atoms with Gasteiger partial charge in [-0.1, -0.05) is 22.8 Å². The van der Waals surface area contributed by atoms with Crippen LogP contribution >= 0.6 is 0 Å². The van der Waals surface area contributed by atoms with Gasteiger partial charge < -0.3 is 4.79 Å². The number of hydrogen-bond acceptors (Lipinski definition) is 1. The molecule has 0 aromatic carbocycles. The van der Waals surface area contributed by atoms with E-state index < -0.39 is 0 Å². The summed E-state index contributed by atoms with van der Waals surface area (Å²) in [7, 11) is 0. The maximum Gasteiger partial charge on any atom is 0.130 e. The standard InChI is InChI=1S/C14H24O/c1-11(2)13(4)10-9-12(3)7-6-8-14(5)15/h7H,6,8-10H2,1-5H3/b12-7+. The molecule has 0 atom stereocenters. The predicted molar refractivity (Wildman–Crippen MR) is 67.0 cm³/mol. The molecule has 0 rings (SSSR count). The second kappa shape index (κ2) is 7.44. The van der Waals surface area contributed by atoms with E-state index in [2.05, 4.69) is 33.8 Å². The minimum atomic E-state index is 0.277. The van der Waals surface area contributed by atoms with Crippen molar-refractivity contribution in [1.82, 2.24) is 0 Å². The summed E-state index contributed by atoms with van der Waals surface area (Å²) in [5.41, 5.74) is 4.30. The summed E-state index contributed by atoms with van der Waals surface area (Å²) < 4.78 is 0. The van der Waals surface area contributed by atoms with E-state index >= 15 is 0 Å². The molecule has 0 bridgehead atoms. The molecular weight excluding hydrogens is 184 g/mol. The van der Waals surface area contributed by atoms with E-state index in [0.717, 1.165) is 19.3 Å². The Morgan fingerprint density at radius 1 is 0.933 bits per heavy atom. The van der Waals surface area contributed by atoms with Crippen molar-refractivity contribution < 1.29 is 4.79 Å². The highest BCUT2D eigenvalue weighted by Crippen LogP contribution is 2.14. The van der Waals surface area contributed by atoms with Crippen LogP contribution in [0.5, 0.6) is 0 Å². The lowest BCUT2D eigenvalue weighted by Gasteiger charge is -2.04. The number of allylic oxidation sites excluding steroid dienone is 4. The summed E-state index contributed by atoms with van der Waals surface area (Å²) in [5, 5.41) is 0. The third-order valence-corrected chi connectivity index (χ3v) is 2.74. The number of rotatable bonds is 6. The van der Waals surface area contributed by atoms with Crippen molar-refractivity contribution in [2.24, 2.45) is 0 Å². The van der Waals surface area contributed by atoms with Gasteiger partial charge in [0.15, 0.2) is 0 Å². The Hall–Kier alpha value is -0.850. The van der Waals surface area contributed by atoms with Crippen LogP contribution in [0.25, 0.3) is 0 Å². The first-order valence-electron chi connectivity index (χ1n) is 5.71. The summed E-state index contributed by atoms with van der Waals surface area (Å²) in [6.07, 6.45) is 6.04. The first-order chi connectivity index (χ1) is 6.93. The van der Waals surface area contributed by atoms with Crippen LogP contribution in [0.15, 0.2) is 22.8 Å². The van der Waals surface area contributed by atoms with Crippen molar-refractivity contribution in [3.8, 4) is 0 Å². The molecule has 0 aromatic heterocycles. The fraction of sp³-hybridized carbons (Fsp3) is 0.643. The maximum absolute atomic E-state index is 10.7. The molecule has 0 amide bonds. The van der Waals surface area contributed by atoms with Gasteiger partial charge in [0.2, 0.25) is 0 Å². The Labute approximate surface area is 94.3 Å². The molecular formula is C14H24O. The first-order valence-corrected chi connectivity index (χ1v) is 5.71. The van der Waals surface area contributed by atoms with Crippen molar-refractivity contribution in [1.29, 1.82) is 0 Å². The highest BCUT2D eigenvalue weighted by Gasteiger charge is 1.96. The summed E-state index contributed by atoms with van der Waals surface area (Å²) in [6, 6.07) is 0. The largest absolute Gasteiger partial charge is 0.300 e. The molecule has 0 saturated carbocycles. The summed E-state index contributed by atoms with van der Waals surface area (Å²) >= 11 is 0. The Bertz CT molecular complexity index is 265. The number of Topliss-reactive ketones (excluding diaryl/α,β-unsaturated/α-hetero) is 1. The van der Waals surface area contributed by atoms with Gasteiger partial charge in [0.1, 0.15) is 5.78 Å². The van der Waals surface area contributed by atoms with Gasteiger partial charge in [-0.25, -0.2) is 0 Å². The highest BCUT2D eigenvalue weighted by atomic mass is 16.1. The van der Waals surface area contributed by atoms with Gasteiger partial charge in [0.25, 0.3) is 0 Å². The topological polar surface area (TPSA) is 17.1 Å². The van der Waals surface area contributed by atoms with Crippen molar-refractivity contribution in [3.63, 3.8) is 0 Å². The van der Waals surface area contributed by atoms with Crippen LogP contribution in [0.1, 0.15) is 60.3 Å². The lowest BCUT2D eigenvalue weighted by molar-refractivity contribution is -0.116. The van der Waals surface area contributed by atoms with E-state index in [9.17, 15) is 4.79 Å². The molecule has 0 N–H and O–H groups in total. The highest BCUT2D eigenvalue weighted by molar-refractivity contribution is 5.75. The number of carbonyl (C=O) groups is 1.